The summed E-state index contributed by atoms with van der Waals surface area (Å²) in [6, 6.07) is 33.8. The molecule has 14 rings (SSSR count). The number of para-hydroxylation sites is 2. The van der Waals surface area contributed by atoms with Crippen LogP contribution in [-0.4, -0.2) is 172 Å². The summed E-state index contributed by atoms with van der Waals surface area (Å²) in [5.41, 5.74) is 9.31. The van der Waals surface area contributed by atoms with Gasteiger partial charge in [-0.1, -0.05) is 84.2 Å². The number of rotatable bonds is 8. The Balaban J connectivity index is 0.000000177. The van der Waals surface area contributed by atoms with Crippen LogP contribution in [0.2, 0.25) is 0 Å². The molecule has 0 unspecified atom stereocenters. The number of piperidine rings is 4. The normalized spacial score (nSPS) is 18.8. The van der Waals surface area contributed by atoms with Crippen molar-refractivity contribution in [2.75, 3.05) is 150 Å². The first-order chi connectivity index (χ1) is 44.3. The number of fused-ring (bicyclic) bond motifs is 9. The standard InChI is InChI=1S/C13H12BrN3O.C13H15BrN2O.C13H16N2O.C12H13BrN2O.C8H7NO.C5H11Cl2N.C4H9Cl2N.2ClH/c14-9-1-2-11-10(7-9)13(12(18)16-11)3-5-17(8-15)6-4-13;1-16-6-4-13(5-7-16)10-8-9(14)2-3-11(10)15-12(13)17;1-15-8-6-13(7-9-15)10-4-2-3-5-11(10)14-12(13)16;13-8-1-2-10-9(7-8)12(11(16)15-10)3-5-14-6-4-12;10-8-5-6-3-1-2-4-7(6)9-8;1-8(4-2-6)5-3-7;5-1-3-7-4-2-6;;/h1-2,7H,3-6H2,(H,16,18);2-3,8H,4-7H2,1H3,(H,15,17);2-5H,6-9H2,1H3,(H,14,16);1-2,7,14H,3-6H2,(H,15,16);1-4H,5H2,(H,9,10);2-5H2,1H3;7H,1-4H2;2*1H. The number of nitrogens with zero attached hydrogens (tertiary/aromatic N) is 5. The SMILES string of the molecule is CN(CCCl)CCCl.CN1CCC2(CC1)C(=O)Nc1ccc(Br)cc12.CN1CCC2(CC1)C(=O)Nc1ccccc12.Cl.Cl.ClCCNCCCl.N#CN1CCC2(CC1)C(=O)Nc1ccc(Br)cc12.O=C1Cc2ccccc2N1.O=C1Nc2ccc(Br)cc2C12CCNCC2. The zero-order valence-electron chi connectivity index (χ0n) is 53.2. The molecule has 7 N–H and O–H groups in total. The number of nitrogens with one attached hydrogen (secondary N) is 7. The molecule has 4 spiro atoms. The predicted octanol–water partition coefficient (Wildman–Crippen LogP) is 12.7. The molecule has 0 aromatic heterocycles. The topological polar surface area (TPSA) is 206 Å². The summed E-state index contributed by atoms with van der Waals surface area (Å²) >= 11 is 32.0. The predicted molar refractivity (Wildman–Crippen MR) is 399 cm³/mol. The zero-order valence-corrected chi connectivity index (χ0v) is 62.6. The number of nitriles is 1. The van der Waals surface area contributed by atoms with E-state index in [0.29, 0.717) is 55.9 Å². The van der Waals surface area contributed by atoms with E-state index in [4.69, 9.17) is 51.7 Å². The molecule has 0 radical (unpaired) electrons. The third-order valence-corrected chi connectivity index (χ3v) is 20.9. The van der Waals surface area contributed by atoms with Crippen molar-refractivity contribution in [2.45, 2.75) is 79.4 Å². The van der Waals surface area contributed by atoms with Gasteiger partial charge in [-0.2, -0.15) is 5.26 Å². The van der Waals surface area contributed by atoms with Crippen LogP contribution in [0.4, 0.5) is 28.4 Å². The van der Waals surface area contributed by atoms with Gasteiger partial charge >= 0.3 is 0 Å². The van der Waals surface area contributed by atoms with Crippen LogP contribution in [0, 0.1) is 11.5 Å². The van der Waals surface area contributed by atoms with E-state index in [2.05, 4.69) is 138 Å². The number of alkyl halides is 4. The average Bonchev–Trinajstić information content (AvgIpc) is 1.61. The summed E-state index contributed by atoms with van der Waals surface area (Å²) in [7, 11) is 6.23. The fourth-order valence-electron chi connectivity index (χ4n) is 13.2. The van der Waals surface area contributed by atoms with Crippen LogP contribution in [0.3, 0.4) is 0 Å². The van der Waals surface area contributed by atoms with Gasteiger partial charge in [0.2, 0.25) is 29.5 Å². The molecule has 26 heteroatoms. The first-order valence-corrected chi connectivity index (χ1v) is 35.8. The van der Waals surface area contributed by atoms with Crippen LogP contribution >= 0.6 is 119 Å². The number of likely N-dealkylation sites (tertiary alicyclic amines) is 3. The lowest BCUT2D eigenvalue weighted by Gasteiger charge is -2.36. The van der Waals surface area contributed by atoms with Gasteiger partial charge in [0.05, 0.1) is 28.1 Å². The Kier molecular flexibility index (Phi) is 31.0. The van der Waals surface area contributed by atoms with Crippen molar-refractivity contribution in [3.05, 3.63) is 144 Å². The summed E-state index contributed by atoms with van der Waals surface area (Å²) < 4.78 is 3.08. The maximum atomic E-state index is 12.3. The molecular weight excluding hydrogens is 1520 g/mol. The van der Waals surface area contributed by atoms with E-state index < -0.39 is 5.41 Å². The first-order valence-electron chi connectivity index (χ1n) is 31.3. The molecule has 17 nitrogen and oxygen atoms in total. The second-order valence-electron chi connectivity index (χ2n) is 24.4. The van der Waals surface area contributed by atoms with Crippen LogP contribution in [0.5, 0.6) is 0 Å². The number of carbonyl (C=O) groups is 5. The van der Waals surface area contributed by atoms with Gasteiger partial charge in [0.1, 0.15) is 0 Å². The van der Waals surface area contributed by atoms with Crippen molar-refractivity contribution in [3.8, 4) is 6.19 Å². The molecule has 4 saturated heterocycles. The van der Waals surface area contributed by atoms with Gasteiger partial charge in [0, 0.05) is 105 Å². The monoisotopic (exact) mass is 1600 g/mol. The average molecular weight is 1600 g/mol. The Morgan fingerprint density at radius 3 is 1.24 bits per heavy atom. The number of anilines is 5. The third kappa shape index (κ3) is 18.9. The highest BCUT2D eigenvalue weighted by molar-refractivity contribution is 9.11. The van der Waals surface area contributed by atoms with Crippen LogP contribution < -0.4 is 37.2 Å². The molecule has 9 aliphatic rings. The molecule has 5 aromatic rings. The third-order valence-electron chi connectivity index (χ3n) is 18.7. The lowest BCUT2D eigenvalue weighted by Crippen LogP contribution is -2.45. The number of carbonyl (C=O) groups excluding carboxylic acids is 5. The second kappa shape index (κ2) is 37.1. The van der Waals surface area contributed by atoms with Gasteiger partial charge in [0.25, 0.3) is 0 Å². The highest BCUT2D eigenvalue weighted by atomic mass is 79.9. The van der Waals surface area contributed by atoms with Crippen molar-refractivity contribution >= 4 is 177 Å². The van der Waals surface area contributed by atoms with E-state index in [1.807, 2.05) is 92.0 Å². The van der Waals surface area contributed by atoms with Gasteiger partial charge in [0.15, 0.2) is 6.19 Å². The number of amides is 5. The van der Waals surface area contributed by atoms with E-state index in [1.165, 1.54) is 11.1 Å². The Morgan fingerprint density at radius 2 is 0.851 bits per heavy atom. The van der Waals surface area contributed by atoms with Gasteiger partial charge in [-0.15, -0.1) is 71.2 Å². The summed E-state index contributed by atoms with van der Waals surface area (Å²) in [6.07, 6.45) is 9.59. The lowest BCUT2D eigenvalue weighted by molar-refractivity contribution is -0.123. The maximum absolute atomic E-state index is 12.3. The van der Waals surface area contributed by atoms with Crippen molar-refractivity contribution in [2.24, 2.45) is 0 Å². The van der Waals surface area contributed by atoms with Gasteiger partial charge in [-0.05, 0) is 206 Å². The summed E-state index contributed by atoms with van der Waals surface area (Å²) in [4.78, 5) is 68.1. The van der Waals surface area contributed by atoms with Crippen molar-refractivity contribution in [3.63, 3.8) is 0 Å². The molecule has 0 saturated carbocycles. The molecule has 5 amide bonds. The zero-order chi connectivity index (χ0) is 66.1. The number of hydrogen-bond acceptors (Lipinski definition) is 12. The Morgan fingerprint density at radius 1 is 0.489 bits per heavy atom. The fourth-order valence-corrected chi connectivity index (χ4v) is 15.1. The molecule has 9 heterocycles. The fraction of sp³-hybridized carbons (Fsp3) is 0.471. The van der Waals surface area contributed by atoms with Gasteiger partial charge in [-0.25, -0.2) is 0 Å². The highest BCUT2D eigenvalue weighted by Crippen LogP contribution is 2.49. The maximum Gasteiger partial charge on any atom is 0.235 e. The minimum atomic E-state index is -0.438. The van der Waals surface area contributed by atoms with Crippen LogP contribution in [0.1, 0.15) is 79.2 Å². The van der Waals surface area contributed by atoms with Crippen LogP contribution in [0.15, 0.2) is 117 Å². The minimum Gasteiger partial charge on any atom is -0.326 e. The molecule has 4 fully saturated rings. The molecule has 510 valence electrons. The van der Waals surface area contributed by atoms with E-state index in [-0.39, 0.29) is 70.6 Å². The van der Waals surface area contributed by atoms with Crippen LogP contribution in [-0.2, 0) is 52.1 Å². The van der Waals surface area contributed by atoms with Crippen molar-refractivity contribution in [1.82, 2.24) is 30.2 Å². The molecule has 9 aliphatic heterocycles. The number of halogens is 9. The Labute approximate surface area is 611 Å². The minimum absolute atomic E-state index is 0. The Hall–Kier alpha value is -4.28. The summed E-state index contributed by atoms with van der Waals surface area (Å²) in [5, 5.41) is 30.0. The Bertz CT molecular complexity index is 3390. The van der Waals surface area contributed by atoms with Gasteiger partial charge < -0.3 is 56.8 Å². The van der Waals surface area contributed by atoms with E-state index in [1.54, 1.807) is 4.90 Å². The number of hydrogen-bond donors (Lipinski definition) is 7. The largest absolute Gasteiger partial charge is 0.326 e. The van der Waals surface area contributed by atoms with E-state index in [9.17, 15) is 24.0 Å². The molecule has 5 aromatic carbocycles. The molecular formula is C68H85Br3Cl6N12O5. The van der Waals surface area contributed by atoms with E-state index >= 15 is 0 Å². The molecule has 0 aliphatic carbocycles. The number of benzene rings is 5. The smallest absolute Gasteiger partial charge is 0.235 e. The summed E-state index contributed by atoms with van der Waals surface area (Å²) in [6.45, 7) is 10.7. The second-order valence-corrected chi connectivity index (χ2v) is 28.7. The van der Waals surface area contributed by atoms with E-state index in [0.717, 1.165) is 163 Å². The van der Waals surface area contributed by atoms with Crippen molar-refractivity contribution in [1.29, 1.82) is 5.26 Å². The molecule has 0 atom stereocenters. The lowest BCUT2D eigenvalue weighted by atomic mass is 9.74. The van der Waals surface area contributed by atoms with Crippen LogP contribution in [0.25, 0.3) is 0 Å². The van der Waals surface area contributed by atoms with Crippen molar-refractivity contribution < 1.29 is 24.0 Å². The summed E-state index contributed by atoms with van der Waals surface area (Å²) in [5.74, 6) is 3.42. The molecule has 0 bridgehead atoms. The highest BCUT2D eigenvalue weighted by Gasteiger charge is 2.51. The molecule has 94 heavy (non-hydrogen) atoms. The van der Waals surface area contributed by atoms with Gasteiger partial charge in [-0.3, -0.25) is 24.0 Å². The quantitative estimate of drug-likeness (QED) is 0.0440. The first kappa shape index (κ1) is 78.7.